The number of rotatable bonds is 1. The highest BCUT2D eigenvalue weighted by atomic mass is 14.3. The summed E-state index contributed by atoms with van der Waals surface area (Å²) in [5, 5.41) is 0. The van der Waals surface area contributed by atoms with Crippen LogP contribution in [0.3, 0.4) is 0 Å². The molecule has 2 aromatic carbocycles. The van der Waals surface area contributed by atoms with E-state index in [4.69, 9.17) is 0 Å². The first-order valence-electron chi connectivity index (χ1n) is 9.28. The van der Waals surface area contributed by atoms with Crippen LogP contribution in [-0.2, 0) is 12.8 Å². The summed E-state index contributed by atoms with van der Waals surface area (Å²) in [6.07, 6.45) is 10.5. The van der Waals surface area contributed by atoms with Crippen molar-refractivity contribution < 1.29 is 0 Å². The highest BCUT2D eigenvalue weighted by Crippen LogP contribution is 2.43. The van der Waals surface area contributed by atoms with Crippen molar-refractivity contribution in [2.45, 2.75) is 32.1 Å². The summed E-state index contributed by atoms with van der Waals surface area (Å²) in [5.41, 5.74) is 13.0. The number of aryl methyl sites for hydroxylation is 1. The topological polar surface area (TPSA) is 0 Å². The Morgan fingerprint density at radius 3 is 2.32 bits per heavy atom. The van der Waals surface area contributed by atoms with Crippen LogP contribution in [0.4, 0.5) is 0 Å². The third kappa shape index (κ3) is 2.44. The van der Waals surface area contributed by atoms with E-state index >= 15 is 0 Å². The molecular formula is C25H22. The van der Waals surface area contributed by atoms with E-state index in [1.54, 1.807) is 0 Å². The molecule has 0 spiro atoms. The molecule has 3 aliphatic carbocycles. The molecule has 0 unspecified atom stereocenters. The number of fused-ring (bicyclic) bond motifs is 3. The molecule has 0 amide bonds. The maximum Gasteiger partial charge on any atom is -0.00225 e. The number of benzene rings is 2. The SMILES string of the molecule is C=C1Cc2ccccc2C2=C1CCC(C1=Cc3ccccc3CC1)=C2. The Morgan fingerprint density at radius 1 is 0.680 bits per heavy atom. The molecule has 2 aromatic rings. The van der Waals surface area contributed by atoms with Gasteiger partial charge in [0.15, 0.2) is 0 Å². The molecule has 0 saturated carbocycles. The predicted molar refractivity (Wildman–Crippen MR) is 106 cm³/mol. The molecular weight excluding hydrogens is 300 g/mol. The smallest absolute Gasteiger partial charge is 0.00225 e. The summed E-state index contributed by atoms with van der Waals surface area (Å²) in [7, 11) is 0. The Labute approximate surface area is 149 Å². The normalized spacial score (nSPS) is 18.8. The summed E-state index contributed by atoms with van der Waals surface area (Å²) < 4.78 is 0. The highest BCUT2D eigenvalue weighted by molar-refractivity contribution is 5.86. The van der Waals surface area contributed by atoms with Crippen molar-refractivity contribution in [1.29, 1.82) is 0 Å². The van der Waals surface area contributed by atoms with Gasteiger partial charge in [-0.3, -0.25) is 0 Å². The van der Waals surface area contributed by atoms with Gasteiger partial charge in [-0.2, -0.15) is 0 Å². The Balaban J connectivity index is 1.60. The fourth-order valence-electron chi connectivity index (χ4n) is 4.55. The maximum absolute atomic E-state index is 4.36. The second-order valence-electron chi connectivity index (χ2n) is 7.37. The molecule has 0 bridgehead atoms. The van der Waals surface area contributed by atoms with Crippen LogP contribution in [0, 0.1) is 0 Å². The molecule has 0 heterocycles. The van der Waals surface area contributed by atoms with E-state index in [0.29, 0.717) is 0 Å². The number of allylic oxidation sites excluding steroid dienone is 6. The van der Waals surface area contributed by atoms with Gasteiger partial charge in [0.25, 0.3) is 0 Å². The summed E-state index contributed by atoms with van der Waals surface area (Å²) in [6.45, 7) is 4.36. The molecule has 0 fully saturated rings. The molecule has 0 aliphatic heterocycles. The van der Waals surface area contributed by atoms with Gasteiger partial charge in [-0.25, -0.2) is 0 Å². The third-order valence-electron chi connectivity index (χ3n) is 5.89. The second-order valence-corrected chi connectivity index (χ2v) is 7.37. The molecule has 0 saturated heterocycles. The molecule has 0 atom stereocenters. The van der Waals surface area contributed by atoms with Crippen LogP contribution in [-0.4, -0.2) is 0 Å². The second kappa shape index (κ2) is 5.74. The number of hydrogen-bond donors (Lipinski definition) is 0. The Hall–Kier alpha value is -2.60. The first-order chi connectivity index (χ1) is 12.3. The van der Waals surface area contributed by atoms with E-state index in [1.807, 2.05) is 0 Å². The van der Waals surface area contributed by atoms with E-state index in [2.05, 4.69) is 67.3 Å². The van der Waals surface area contributed by atoms with Crippen LogP contribution in [0.2, 0.25) is 0 Å². The van der Waals surface area contributed by atoms with Gasteiger partial charge in [-0.15, -0.1) is 0 Å². The number of hydrogen-bond acceptors (Lipinski definition) is 0. The summed E-state index contributed by atoms with van der Waals surface area (Å²) >= 11 is 0. The molecule has 3 aliphatic rings. The van der Waals surface area contributed by atoms with E-state index in [0.717, 1.165) is 32.1 Å². The average Bonchev–Trinajstić information content (AvgIpc) is 2.67. The van der Waals surface area contributed by atoms with E-state index in [9.17, 15) is 0 Å². The molecule has 0 radical (unpaired) electrons. The Morgan fingerprint density at radius 2 is 1.40 bits per heavy atom. The lowest BCUT2D eigenvalue weighted by atomic mass is 9.75. The van der Waals surface area contributed by atoms with Gasteiger partial charge in [0.1, 0.15) is 0 Å². The first-order valence-corrected chi connectivity index (χ1v) is 9.28. The first kappa shape index (κ1) is 14.7. The van der Waals surface area contributed by atoms with Crippen molar-refractivity contribution in [3.8, 4) is 0 Å². The van der Waals surface area contributed by atoms with Crippen LogP contribution >= 0.6 is 0 Å². The van der Waals surface area contributed by atoms with Crippen molar-refractivity contribution in [1.82, 2.24) is 0 Å². The minimum atomic E-state index is 1.01. The molecule has 0 aromatic heterocycles. The van der Waals surface area contributed by atoms with Crippen molar-refractivity contribution >= 4 is 11.6 Å². The zero-order chi connectivity index (χ0) is 16.8. The lowest BCUT2D eigenvalue weighted by Crippen LogP contribution is -2.12. The van der Waals surface area contributed by atoms with Crippen LogP contribution < -0.4 is 0 Å². The van der Waals surface area contributed by atoms with Gasteiger partial charge < -0.3 is 0 Å². The van der Waals surface area contributed by atoms with Crippen molar-refractivity contribution in [3.05, 3.63) is 106 Å². The minimum absolute atomic E-state index is 1.01. The van der Waals surface area contributed by atoms with Crippen LogP contribution in [0.1, 0.15) is 41.5 Å². The molecule has 122 valence electrons. The summed E-state index contributed by atoms with van der Waals surface area (Å²) in [6, 6.07) is 17.7. The van der Waals surface area contributed by atoms with E-state index in [-0.39, 0.29) is 0 Å². The lowest BCUT2D eigenvalue weighted by Gasteiger charge is -2.29. The third-order valence-corrected chi connectivity index (χ3v) is 5.89. The van der Waals surface area contributed by atoms with Crippen LogP contribution in [0.15, 0.2) is 83.5 Å². The Bertz CT molecular complexity index is 979. The van der Waals surface area contributed by atoms with Gasteiger partial charge in [0.2, 0.25) is 0 Å². The molecule has 25 heavy (non-hydrogen) atoms. The molecule has 0 heteroatoms. The monoisotopic (exact) mass is 322 g/mol. The fourth-order valence-corrected chi connectivity index (χ4v) is 4.55. The standard InChI is InChI=1S/C25H22/c1-17-14-22-8-4-5-9-24(22)25-16-21(12-13-23(17)25)20-11-10-18-6-2-3-7-19(18)15-20/h2-9,15-16H,1,10-14H2. The maximum atomic E-state index is 4.36. The largest absolute Gasteiger partial charge is 0.0952 e. The average molecular weight is 322 g/mol. The zero-order valence-corrected chi connectivity index (χ0v) is 14.5. The van der Waals surface area contributed by atoms with Crippen LogP contribution in [0.25, 0.3) is 11.6 Å². The minimum Gasteiger partial charge on any atom is -0.0952 e. The Kier molecular flexibility index (Phi) is 3.38. The molecule has 5 rings (SSSR count). The van der Waals surface area contributed by atoms with Crippen molar-refractivity contribution in [2.24, 2.45) is 0 Å². The van der Waals surface area contributed by atoms with Gasteiger partial charge in [0.05, 0.1) is 0 Å². The van der Waals surface area contributed by atoms with E-state index < -0.39 is 0 Å². The van der Waals surface area contributed by atoms with Gasteiger partial charge in [-0.1, -0.05) is 67.3 Å². The van der Waals surface area contributed by atoms with Crippen molar-refractivity contribution in [3.63, 3.8) is 0 Å². The zero-order valence-electron chi connectivity index (χ0n) is 14.5. The highest BCUT2D eigenvalue weighted by Gasteiger charge is 2.25. The van der Waals surface area contributed by atoms with Gasteiger partial charge >= 0.3 is 0 Å². The van der Waals surface area contributed by atoms with E-state index in [1.165, 1.54) is 50.1 Å². The van der Waals surface area contributed by atoms with Gasteiger partial charge in [0, 0.05) is 0 Å². The predicted octanol–water partition coefficient (Wildman–Crippen LogP) is 6.30. The quantitative estimate of drug-likeness (QED) is 0.577. The summed E-state index contributed by atoms with van der Waals surface area (Å²) in [4.78, 5) is 0. The fraction of sp³-hybridized carbons (Fsp3) is 0.200. The molecule has 0 N–H and O–H groups in total. The summed E-state index contributed by atoms with van der Waals surface area (Å²) in [5.74, 6) is 0. The lowest BCUT2D eigenvalue weighted by molar-refractivity contribution is 0.858. The van der Waals surface area contributed by atoms with Crippen molar-refractivity contribution in [2.75, 3.05) is 0 Å². The van der Waals surface area contributed by atoms with Gasteiger partial charge in [-0.05, 0) is 82.2 Å². The molecule has 0 nitrogen and oxygen atoms in total. The van der Waals surface area contributed by atoms with Crippen LogP contribution in [0.5, 0.6) is 0 Å².